The third-order valence-corrected chi connectivity index (χ3v) is 4.53. The zero-order chi connectivity index (χ0) is 15.3. The molecule has 0 amide bonds. The van der Waals surface area contributed by atoms with E-state index in [1.165, 1.54) is 17.8 Å². The minimum absolute atomic E-state index is 0.144. The molecule has 0 bridgehead atoms. The van der Waals surface area contributed by atoms with Crippen LogP contribution in [0.5, 0.6) is 0 Å². The summed E-state index contributed by atoms with van der Waals surface area (Å²) < 4.78 is 39.4. The zero-order valence-electron chi connectivity index (χ0n) is 12.1. The number of rotatable bonds is 6. The van der Waals surface area contributed by atoms with Gasteiger partial charge < -0.3 is 5.73 Å². The van der Waals surface area contributed by atoms with Crippen LogP contribution in [0.3, 0.4) is 0 Å². The van der Waals surface area contributed by atoms with Gasteiger partial charge in [0.25, 0.3) is 0 Å². The fourth-order valence-electron chi connectivity index (χ4n) is 1.77. The van der Waals surface area contributed by atoms with Crippen molar-refractivity contribution in [1.29, 1.82) is 0 Å². The van der Waals surface area contributed by atoms with Crippen LogP contribution in [-0.2, 0) is 12.6 Å². The van der Waals surface area contributed by atoms with Gasteiger partial charge in [-0.25, -0.2) is 0 Å². The smallest absolute Gasteiger partial charge is 0.328 e. The molecule has 1 aromatic carbocycles. The summed E-state index contributed by atoms with van der Waals surface area (Å²) in [7, 11) is 0. The lowest BCUT2D eigenvalue weighted by molar-refractivity contribution is -0.139. The van der Waals surface area contributed by atoms with Crippen molar-refractivity contribution >= 4 is 11.8 Å². The van der Waals surface area contributed by atoms with Gasteiger partial charge >= 0.3 is 6.18 Å². The molecule has 1 nitrogen and oxygen atoms in total. The highest BCUT2D eigenvalue weighted by atomic mass is 32.2. The molecule has 0 aliphatic rings. The first kappa shape index (κ1) is 17.4. The minimum atomic E-state index is -4.31. The molecule has 0 aliphatic heterocycles. The number of alkyl halides is 3. The Morgan fingerprint density at radius 1 is 1.25 bits per heavy atom. The van der Waals surface area contributed by atoms with Crippen LogP contribution in [0.2, 0.25) is 0 Å². The highest BCUT2D eigenvalue weighted by molar-refractivity contribution is 7.99. The van der Waals surface area contributed by atoms with E-state index in [0.717, 1.165) is 6.42 Å². The average Bonchev–Trinajstić information content (AvgIpc) is 2.34. The molecule has 2 N–H and O–H groups in total. The first-order valence-corrected chi connectivity index (χ1v) is 7.81. The third kappa shape index (κ3) is 5.37. The Hall–Kier alpha value is -0.680. The van der Waals surface area contributed by atoms with Crippen LogP contribution in [0.4, 0.5) is 13.2 Å². The Kier molecular flexibility index (Phi) is 6.40. The van der Waals surface area contributed by atoms with E-state index in [1.807, 2.05) is 13.8 Å². The van der Waals surface area contributed by atoms with Crippen molar-refractivity contribution in [2.24, 2.45) is 11.7 Å². The zero-order valence-corrected chi connectivity index (χ0v) is 12.9. The van der Waals surface area contributed by atoms with Crippen LogP contribution >= 0.6 is 11.8 Å². The summed E-state index contributed by atoms with van der Waals surface area (Å²) in [6.45, 7) is 5.88. The van der Waals surface area contributed by atoms with Gasteiger partial charge in [-0.2, -0.15) is 13.2 Å². The molecule has 2 unspecified atom stereocenters. The van der Waals surface area contributed by atoms with Gasteiger partial charge in [-0.3, -0.25) is 0 Å². The summed E-state index contributed by atoms with van der Waals surface area (Å²) >= 11 is 1.28. The maximum atomic E-state index is 13.1. The summed E-state index contributed by atoms with van der Waals surface area (Å²) in [6, 6.07) is 4.42. The highest BCUT2D eigenvalue weighted by Gasteiger charge is 2.33. The predicted molar refractivity (Wildman–Crippen MR) is 79.0 cm³/mol. The van der Waals surface area contributed by atoms with Crippen LogP contribution < -0.4 is 5.73 Å². The fourth-order valence-corrected chi connectivity index (χ4v) is 2.97. The van der Waals surface area contributed by atoms with Gasteiger partial charge in [-0.1, -0.05) is 26.3 Å². The van der Waals surface area contributed by atoms with Crippen LogP contribution in [-0.4, -0.2) is 11.8 Å². The van der Waals surface area contributed by atoms with E-state index in [0.29, 0.717) is 28.6 Å². The summed E-state index contributed by atoms with van der Waals surface area (Å²) in [4.78, 5) is 0.311. The lowest BCUT2D eigenvalue weighted by Gasteiger charge is -2.16. The quantitative estimate of drug-likeness (QED) is 0.769. The molecule has 5 heteroatoms. The third-order valence-electron chi connectivity index (χ3n) is 3.13. The molecule has 20 heavy (non-hydrogen) atoms. The molecule has 0 spiro atoms. The highest BCUT2D eigenvalue weighted by Crippen LogP contribution is 2.38. The molecular formula is C15H22F3NS. The van der Waals surface area contributed by atoms with Gasteiger partial charge in [0.05, 0.1) is 5.56 Å². The van der Waals surface area contributed by atoms with E-state index >= 15 is 0 Å². The summed E-state index contributed by atoms with van der Waals surface area (Å²) in [5.41, 5.74) is 5.75. The molecule has 0 saturated carbocycles. The molecule has 0 saturated heterocycles. The van der Waals surface area contributed by atoms with Crippen molar-refractivity contribution in [3.8, 4) is 0 Å². The fraction of sp³-hybridized carbons (Fsp3) is 0.600. The molecule has 0 aromatic heterocycles. The topological polar surface area (TPSA) is 26.0 Å². The molecule has 114 valence electrons. The number of hydrogen-bond donors (Lipinski definition) is 1. The van der Waals surface area contributed by atoms with Crippen LogP contribution in [0.1, 0.15) is 38.3 Å². The first-order chi connectivity index (χ1) is 9.24. The second-order valence-electron chi connectivity index (χ2n) is 5.33. The average molecular weight is 305 g/mol. The molecule has 1 rings (SSSR count). The Labute approximate surface area is 123 Å². The van der Waals surface area contributed by atoms with E-state index in [1.54, 1.807) is 19.1 Å². The van der Waals surface area contributed by atoms with E-state index in [9.17, 15) is 13.2 Å². The lowest BCUT2D eigenvalue weighted by Crippen LogP contribution is -2.18. The van der Waals surface area contributed by atoms with Crippen LogP contribution in [0, 0.1) is 5.92 Å². The second kappa shape index (κ2) is 7.36. The molecular weight excluding hydrogens is 283 g/mol. The molecule has 0 heterocycles. The van der Waals surface area contributed by atoms with Crippen molar-refractivity contribution in [1.82, 2.24) is 0 Å². The van der Waals surface area contributed by atoms with Gasteiger partial charge in [0.15, 0.2) is 0 Å². The van der Waals surface area contributed by atoms with Crippen LogP contribution in [0.15, 0.2) is 23.1 Å². The molecule has 0 fully saturated rings. The van der Waals surface area contributed by atoms with Gasteiger partial charge in [0.1, 0.15) is 0 Å². The SMILES string of the molecule is CCC(C)CSc1ccc(CC(C)N)cc1C(F)(F)F. The Morgan fingerprint density at radius 2 is 1.90 bits per heavy atom. The van der Waals surface area contributed by atoms with E-state index < -0.39 is 11.7 Å². The summed E-state index contributed by atoms with van der Waals surface area (Å²) in [5, 5.41) is 0. The number of benzene rings is 1. The normalized spacial score (nSPS) is 15.2. The van der Waals surface area contributed by atoms with Crippen molar-refractivity contribution in [3.63, 3.8) is 0 Å². The largest absolute Gasteiger partial charge is 0.417 e. The van der Waals surface area contributed by atoms with Crippen molar-refractivity contribution in [2.75, 3.05) is 5.75 Å². The van der Waals surface area contributed by atoms with Crippen molar-refractivity contribution < 1.29 is 13.2 Å². The Bertz CT molecular complexity index is 430. The monoisotopic (exact) mass is 305 g/mol. The standard InChI is InChI=1S/C15H22F3NS/c1-4-10(2)9-20-14-6-5-12(7-11(3)19)8-13(14)15(16,17)18/h5-6,8,10-11H,4,7,9,19H2,1-3H3. The minimum Gasteiger partial charge on any atom is -0.328 e. The van der Waals surface area contributed by atoms with Gasteiger partial charge in [-0.15, -0.1) is 11.8 Å². The maximum absolute atomic E-state index is 13.1. The number of halogens is 3. The van der Waals surface area contributed by atoms with Gasteiger partial charge in [0.2, 0.25) is 0 Å². The Balaban J connectivity index is 2.98. The summed E-state index contributed by atoms with van der Waals surface area (Å²) in [5.74, 6) is 1.11. The predicted octanol–water partition coefficient (Wildman–Crippen LogP) is 4.73. The van der Waals surface area contributed by atoms with Crippen LogP contribution in [0.25, 0.3) is 0 Å². The van der Waals surface area contributed by atoms with Gasteiger partial charge in [0, 0.05) is 16.7 Å². The Morgan fingerprint density at radius 3 is 2.40 bits per heavy atom. The second-order valence-corrected chi connectivity index (χ2v) is 6.40. The first-order valence-electron chi connectivity index (χ1n) is 6.82. The number of hydrogen-bond acceptors (Lipinski definition) is 2. The molecule has 2 atom stereocenters. The molecule has 0 aliphatic carbocycles. The van der Waals surface area contributed by atoms with E-state index in [4.69, 9.17) is 5.73 Å². The van der Waals surface area contributed by atoms with Gasteiger partial charge in [-0.05, 0) is 37.0 Å². The number of nitrogens with two attached hydrogens (primary N) is 1. The molecule has 1 aromatic rings. The van der Waals surface area contributed by atoms with Crippen molar-refractivity contribution in [3.05, 3.63) is 29.3 Å². The summed E-state index contributed by atoms with van der Waals surface area (Å²) in [6.07, 6.45) is -2.89. The molecule has 0 radical (unpaired) electrons. The van der Waals surface area contributed by atoms with Crippen molar-refractivity contribution in [2.45, 2.75) is 50.7 Å². The lowest BCUT2D eigenvalue weighted by atomic mass is 10.0. The van der Waals surface area contributed by atoms with E-state index in [2.05, 4.69) is 0 Å². The van der Waals surface area contributed by atoms with E-state index in [-0.39, 0.29) is 6.04 Å². The number of thioether (sulfide) groups is 1. The maximum Gasteiger partial charge on any atom is 0.417 e.